The molecule has 0 heterocycles. The van der Waals surface area contributed by atoms with E-state index in [1.54, 1.807) is 30.1 Å². The van der Waals surface area contributed by atoms with E-state index >= 15 is 0 Å². The van der Waals surface area contributed by atoms with Crippen LogP contribution in [0.1, 0.15) is 24.8 Å². The first kappa shape index (κ1) is 15.9. The van der Waals surface area contributed by atoms with Gasteiger partial charge in [0.15, 0.2) is 0 Å². The highest BCUT2D eigenvalue weighted by Crippen LogP contribution is 2.26. The first-order valence-corrected chi connectivity index (χ1v) is 6.33. The minimum Gasteiger partial charge on any atom is -0.341 e. The zero-order valence-electron chi connectivity index (χ0n) is 11.0. The summed E-state index contributed by atoms with van der Waals surface area (Å²) < 4.78 is 13.5. The van der Waals surface area contributed by atoms with Gasteiger partial charge >= 0.3 is 0 Å². The fourth-order valence-electron chi connectivity index (χ4n) is 2.54. The molecule has 1 amide bonds. The lowest BCUT2D eigenvalue weighted by molar-refractivity contribution is -0.134. The van der Waals surface area contributed by atoms with Crippen molar-refractivity contribution in [3.05, 3.63) is 35.6 Å². The largest absolute Gasteiger partial charge is 0.341 e. The van der Waals surface area contributed by atoms with Crippen LogP contribution in [0, 0.1) is 11.7 Å². The van der Waals surface area contributed by atoms with Crippen molar-refractivity contribution in [1.29, 1.82) is 0 Å². The molecule has 1 aromatic rings. The van der Waals surface area contributed by atoms with Crippen molar-refractivity contribution in [2.75, 3.05) is 7.05 Å². The number of hydrogen-bond acceptors (Lipinski definition) is 2. The molecule has 0 bridgehead atoms. The molecule has 19 heavy (non-hydrogen) atoms. The lowest BCUT2D eigenvalue weighted by Gasteiger charge is -2.23. The van der Waals surface area contributed by atoms with Crippen molar-refractivity contribution in [2.24, 2.45) is 11.7 Å². The molecule has 2 unspecified atom stereocenters. The lowest BCUT2D eigenvalue weighted by atomic mass is 10.0. The van der Waals surface area contributed by atoms with Gasteiger partial charge in [0.05, 0.1) is 5.92 Å². The fourth-order valence-corrected chi connectivity index (χ4v) is 2.54. The summed E-state index contributed by atoms with van der Waals surface area (Å²) in [6.45, 7) is 0.300. The average Bonchev–Trinajstić information content (AvgIpc) is 2.77. The molecule has 0 aliphatic heterocycles. The Morgan fingerprint density at radius 1 is 1.42 bits per heavy atom. The maximum absolute atomic E-state index is 13.5. The van der Waals surface area contributed by atoms with Crippen LogP contribution >= 0.6 is 12.4 Å². The second-order valence-corrected chi connectivity index (χ2v) is 4.99. The van der Waals surface area contributed by atoms with E-state index in [1.165, 1.54) is 6.07 Å². The molecule has 1 fully saturated rings. The van der Waals surface area contributed by atoms with E-state index in [9.17, 15) is 9.18 Å². The molecule has 0 spiro atoms. The van der Waals surface area contributed by atoms with Crippen LogP contribution in [0.5, 0.6) is 0 Å². The van der Waals surface area contributed by atoms with Crippen LogP contribution < -0.4 is 5.73 Å². The van der Waals surface area contributed by atoms with Crippen LogP contribution in [-0.2, 0) is 11.3 Å². The first-order valence-electron chi connectivity index (χ1n) is 6.33. The van der Waals surface area contributed by atoms with E-state index in [-0.39, 0.29) is 36.1 Å². The lowest BCUT2D eigenvalue weighted by Crippen LogP contribution is -2.39. The highest BCUT2D eigenvalue weighted by Gasteiger charge is 2.32. The molecule has 3 nitrogen and oxygen atoms in total. The van der Waals surface area contributed by atoms with Gasteiger partial charge in [-0.2, -0.15) is 0 Å². The Morgan fingerprint density at radius 2 is 2.11 bits per heavy atom. The van der Waals surface area contributed by atoms with Gasteiger partial charge in [0.25, 0.3) is 0 Å². The summed E-state index contributed by atoms with van der Waals surface area (Å²) in [6, 6.07) is 6.49. The van der Waals surface area contributed by atoms with Crippen LogP contribution in [-0.4, -0.2) is 23.9 Å². The molecule has 5 heteroatoms. The van der Waals surface area contributed by atoms with Crippen molar-refractivity contribution in [2.45, 2.75) is 31.8 Å². The van der Waals surface area contributed by atoms with Crippen molar-refractivity contribution in [1.82, 2.24) is 4.90 Å². The Bertz CT molecular complexity index is 441. The van der Waals surface area contributed by atoms with Gasteiger partial charge in [-0.25, -0.2) is 4.39 Å². The number of carbonyl (C=O) groups excluding carboxylic acids is 1. The maximum Gasteiger partial charge on any atom is 0.227 e. The minimum atomic E-state index is -0.270. The number of rotatable bonds is 3. The number of benzene rings is 1. The van der Waals surface area contributed by atoms with Crippen molar-refractivity contribution in [3.63, 3.8) is 0 Å². The summed E-state index contributed by atoms with van der Waals surface area (Å²) in [5, 5.41) is 0. The van der Waals surface area contributed by atoms with Gasteiger partial charge in [-0.05, 0) is 18.9 Å². The van der Waals surface area contributed by atoms with Gasteiger partial charge in [0.1, 0.15) is 5.82 Å². The van der Waals surface area contributed by atoms with E-state index in [2.05, 4.69) is 0 Å². The predicted octanol–water partition coefficient (Wildman–Crippen LogP) is 2.33. The zero-order chi connectivity index (χ0) is 13.1. The summed E-state index contributed by atoms with van der Waals surface area (Å²) in [4.78, 5) is 13.8. The van der Waals surface area contributed by atoms with Crippen LogP contribution in [0.4, 0.5) is 4.39 Å². The molecule has 0 radical (unpaired) electrons. The third-order valence-corrected chi connectivity index (χ3v) is 3.63. The Morgan fingerprint density at radius 3 is 2.68 bits per heavy atom. The SMILES string of the molecule is CN(Cc1ccccc1F)C(=O)C1CCCC1N.Cl. The van der Waals surface area contributed by atoms with Gasteiger partial charge in [-0.15, -0.1) is 12.4 Å². The number of amides is 1. The monoisotopic (exact) mass is 286 g/mol. The summed E-state index contributed by atoms with van der Waals surface area (Å²) in [5.74, 6) is -0.335. The standard InChI is InChI=1S/C14H19FN2O.ClH/c1-17(9-10-5-2-3-7-12(10)15)14(18)11-6-4-8-13(11)16;/h2-3,5,7,11,13H,4,6,8-9,16H2,1H3;1H. The van der Waals surface area contributed by atoms with Crippen LogP contribution in [0.25, 0.3) is 0 Å². The normalized spacial score (nSPS) is 21.8. The second-order valence-electron chi connectivity index (χ2n) is 4.99. The number of halogens is 2. The van der Waals surface area contributed by atoms with E-state index < -0.39 is 0 Å². The molecule has 1 aliphatic rings. The molecule has 2 atom stereocenters. The van der Waals surface area contributed by atoms with Crippen LogP contribution in [0.15, 0.2) is 24.3 Å². The minimum absolute atomic E-state index is 0. The zero-order valence-corrected chi connectivity index (χ0v) is 11.8. The second kappa shape index (κ2) is 6.87. The molecule has 2 rings (SSSR count). The van der Waals surface area contributed by atoms with E-state index in [0.29, 0.717) is 12.1 Å². The summed E-state index contributed by atoms with van der Waals surface area (Å²) >= 11 is 0. The molecule has 1 aliphatic carbocycles. The van der Waals surface area contributed by atoms with Gasteiger partial charge in [0, 0.05) is 25.2 Å². The molecule has 106 valence electrons. The molecule has 0 saturated heterocycles. The smallest absolute Gasteiger partial charge is 0.227 e. The molecule has 1 saturated carbocycles. The highest BCUT2D eigenvalue weighted by molar-refractivity contribution is 5.85. The van der Waals surface area contributed by atoms with E-state index in [0.717, 1.165) is 19.3 Å². The van der Waals surface area contributed by atoms with Crippen LogP contribution in [0.3, 0.4) is 0 Å². The third-order valence-electron chi connectivity index (χ3n) is 3.63. The van der Waals surface area contributed by atoms with Gasteiger partial charge in [-0.1, -0.05) is 24.6 Å². The summed E-state index contributed by atoms with van der Waals surface area (Å²) in [6.07, 6.45) is 2.76. The Kier molecular flexibility index (Phi) is 5.76. The van der Waals surface area contributed by atoms with Gasteiger partial charge < -0.3 is 10.6 Å². The van der Waals surface area contributed by atoms with Gasteiger partial charge in [-0.3, -0.25) is 4.79 Å². The Labute approximate surface area is 119 Å². The summed E-state index contributed by atoms with van der Waals surface area (Å²) in [5.41, 5.74) is 6.46. The van der Waals surface area contributed by atoms with E-state index in [4.69, 9.17) is 5.73 Å². The Hall–Kier alpha value is -1.13. The van der Waals surface area contributed by atoms with Crippen molar-refractivity contribution in [3.8, 4) is 0 Å². The van der Waals surface area contributed by atoms with Gasteiger partial charge in [0.2, 0.25) is 5.91 Å². The van der Waals surface area contributed by atoms with Crippen molar-refractivity contribution < 1.29 is 9.18 Å². The Balaban J connectivity index is 0.00000180. The number of nitrogens with two attached hydrogens (primary N) is 1. The predicted molar refractivity (Wildman–Crippen MR) is 75.4 cm³/mol. The molecular formula is C14H20ClFN2O. The average molecular weight is 287 g/mol. The van der Waals surface area contributed by atoms with Crippen LogP contribution in [0.2, 0.25) is 0 Å². The van der Waals surface area contributed by atoms with E-state index in [1.807, 2.05) is 0 Å². The van der Waals surface area contributed by atoms with Crippen molar-refractivity contribution >= 4 is 18.3 Å². The maximum atomic E-state index is 13.5. The summed E-state index contributed by atoms with van der Waals surface area (Å²) in [7, 11) is 1.71. The molecule has 1 aromatic carbocycles. The first-order chi connectivity index (χ1) is 8.59. The fraction of sp³-hybridized carbons (Fsp3) is 0.500. The number of hydrogen-bond donors (Lipinski definition) is 1. The molecular weight excluding hydrogens is 267 g/mol. The third kappa shape index (κ3) is 3.67. The number of nitrogens with zero attached hydrogens (tertiary/aromatic N) is 1. The quantitative estimate of drug-likeness (QED) is 0.927. The highest BCUT2D eigenvalue weighted by atomic mass is 35.5. The molecule has 0 aromatic heterocycles. The molecule has 2 N–H and O–H groups in total. The topological polar surface area (TPSA) is 46.3 Å². The number of carbonyl (C=O) groups is 1.